The molecule has 0 spiro atoms. The fourth-order valence-electron chi connectivity index (χ4n) is 2.71. The highest BCUT2D eigenvalue weighted by Crippen LogP contribution is 2.06. The van der Waals surface area contributed by atoms with Crippen molar-refractivity contribution in [3.63, 3.8) is 0 Å². The summed E-state index contributed by atoms with van der Waals surface area (Å²) >= 11 is 0. The van der Waals surface area contributed by atoms with Crippen molar-refractivity contribution in [2.45, 2.75) is 43.8 Å². The molecule has 0 saturated carbocycles. The third kappa shape index (κ3) is 10.7. The van der Waals surface area contributed by atoms with E-state index in [2.05, 4.69) is 10.6 Å². The highest BCUT2D eigenvalue weighted by Gasteiger charge is 2.29. The van der Waals surface area contributed by atoms with Gasteiger partial charge in [-0.25, -0.2) is 0 Å². The maximum Gasteiger partial charge on any atom is 0.322 e. The molecule has 0 heterocycles. The molecule has 0 aromatic heterocycles. The summed E-state index contributed by atoms with van der Waals surface area (Å²) in [5.41, 5.74) is 11.4. The highest BCUT2D eigenvalue weighted by molar-refractivity contribution is 5.95. The fourth-order valence-corrected chi connectivity index (χ4v) is 2.71. The van der Waals surface area contributed by atoms with Crippen LogP contribution < -0.4 is 27.4 Å². The van der Waals surface area contributed by atoms with Gasteiger partial charge in [0.15, 0.2) is 0 Å². The molecule has 13 nitrogen and oxygen atoms in total. The molecule has 0 fully saturated rings. The lowest BCUT2D eigenvalue weighted by Gasteiger charge is -2.23. The van der Waals surface area contributed by atoms with Gasteiger partial charge in [0.1, 0.15) is 18.6 Å². The van der Waals surface area contributed by atoms with Crippen molar-refractivity contribution in [2.24, 2.45) is 11.5 Å². The molecule has 9 N–H and O–H groups in total. The molecule has 0 aliphatic rings. The van der Waals surface area contributed by atoms with E-state index in [1.54, 1.807) is 30.3 Å². The van der Waals surface area contributed by atoms with E-state index in [4.69, 9.17) is 21.7 Å². The molecule has 0 aliphatic carbocycles. The molecular formula is C20H27N5O8. The van der Waals surface area contributed by atoms with Crippen LogP contribution in [0.15, 0.2) is 30.3 Å². The first-order valence-corrected chi connectivity index (χ1v) is 9.89. The van der Waals surface area contributed by atoms with Gasteiger partial charge in [-0.1, -0.05) is 30.3 Å². The van der Waals surface area contributed by atoms with Crippen molar-refractivity contribution >= 4 is 35.6 Å². The molecule has 1 aromatic rings. The van der Waals surface area contributed by atoms with Crippen LogP contribution in [-0.4, -0.2) is 70.5 Å². The minimum atomic E-state index is -1.59. The van der Waals surface area contributed by atoms with Crippen LogP contribution in [0, 0.1) is 0 Å². The number of hydrogen-bond acceptors (Lipinski definition) is 7. The number of carboxylic acids is 2. The lowest BCUT2D eigenvalue weighted by molar-refractivity contribution is -0.141. The van der Waals surface area contributed by atoms with Gasteiger partial charge < -0.3 is 37.6 Å². The molecule has 180 valence electrons. The molecule has 0 saturated heterocycles. The molecule has 0 radical (unpaired) electrons. The molecule has 0 bridgehead atoms. The highest BCUT2D eigenvalue weighted by atomic mass is 16.4. The molecule has 0 aliphatic heterocycles. The molecule has 33 heavy (non-hydrogen) atoms. The summed E-state index contributed by atoms with van der Waals surface area (Å²) in [5, 5.41) is 24.4. The Morgan fingerprint density at radius 1 is 0.848 bits per heavy atom. The molecule has 4 amide bonds. The largest absolute Gasteiger partial charge is 0.481 e. The zero-order chi connectivity index (χ0) is 25.0. The first kappa shape index (κ1) is 27.0. The van der Waals surface area contributed by atoms with Crippen LogP contribution in [0.5, 0.6) is 0 Å². The first-order chi connectivity index (χ1) is 15.5. The quantitative estimate of drug-likeness (QED) is 0.153. The average Bonchev–Trinajstić information content (AvgIpc) is 2.74. The maximum absolute atomic E-state index is 12.9. The number of nitrogens with one attached hydrogen (secondary N) is 3. The van der Waals surface area contributed by atoms with Gasteiger partial charge >= 0.3 is 11.9 Å². The van der Waals surface area contributed by atoms with E-state index in [-0.39, 0.29) is 19.3 Å². The number of carboxylic acid groups (broad SMARTS) is 2. The first-order valence-electron chi connectivity index (χ1n) is 9.89. The Morgan fingerprint density at radius 3 is 2.00 bits per heavy atom. The van der Waals surface area contributed by atoms with Gasteiger partial charge in [-0.05, 0) is 12.0 Å². The number of nitrogens with two attached hydrogens (primary N) is 2. The summed E-state index contributed by atoms with van der Waals surface area (Å²) in [4.78, 5) is 70.2. The van der Waals surface area contributed by atoms with E-state index in [9.17, 15) is 28.8 Å². The fraction of sp³-hybridized carbons (Fsp3) is 0.400. The Hall–Kier alpha value is -4.00. The van der Waals surface area contributed by atoms with Gasteiger partial charge in [0.2, 0.25) is 23.6 Å². The lowest BCUT2D eigenvalue weighted by atomic mass is 10.0. The number of carbonyl (C=O) groups excluding carboxylic acids is 4. The summed E-state index contributed by atoms with van der Waals surface area (Å²) in [5.74, 6) is -6.08. The Morgan fingerprint density at radius 2 is 1.45 bits per heavy atom. The van der Waals surface area contributed by atoms with E-state index < -0.39 is 66.7 Å². The average molecular weight is 465 g/mol. The Balaban J connectivity index is 3.00. The van der Waals surface area contributed by atoms with Gasteiger partial charge in [-0.3, -0.25) is 28.8 Å². The van der Waals surface area contributed by atoms with Crippen LogP contribution in [0.1, 0.15) is 24.8 Å². The summed E-state index contributed by atoms with van der Waals surface area (Å²) in [6.45, 7) is -0.774. The van der Waals surface area contributed by atoms with Gasteiger partial charge in [0.05, 0.1) is 12.5 Å². The van der Waals surface area contributed by atoms with Gasteiger partial charge in [-0.2, -0.15) is 0 Å². The smallest absolute Gasteiger partial charge is 0.322 e. The number of benzene rings is 1. The van der Waals surface area contributed by atoms with E-state index >= 15 is 0 Å². The second kappa shape index (κ2) is 13.4. The van der Waals surface area contributed by atoms with Crippen LogP contribution in [-0.2, 0) is 35.2 Å². The molecular weight excluding hydrogens is 438 g/mol. The van der Waals surface area contributed by atoms with E-state index in [1.165, 1.54) is 0 Å². The molecule has 1 aromatic carbocycles. The topological polar surface area (TPSA) is 231 Å². The third-order valence-electron chi connectivity index (χ3n) is 4.38. The van der Waals surface area contributed by atoms with Crippen LogP contribution in [0.3, 0.4) is 0 Å². The minimum absolute atomic E-state index is 0.0164. The summed E-state index contributed by atoms with van der Waals surface area (Å²) in [6.07, 6.45) is -1.03. The van der Waals surface area contributed by atoms with Crippen molar-refractivity contribution in [1.82, 2.24) is 16.0 Å². The van der Waals surface area contributed by atoms with Crippen molar-refractivity contribution in [3.05, 3.63) is 35.9 Å². The standard InChI is InChI=1S/C20H27N5O8/c21-12(6-7-15(22)26)18(31)24-13(8-11-4-2-1-3-5-11)20(33)25-14(9-16(27)28)19(32)23-10-17(29)30/h1-5,12-14H,6-10,21H2,(H2,22,26)(H,23,32)(H,24,31)(H,25,33)(H,27,28)(H,29,30). The van der Waals surface area contributed by atoms with Gasteiger partial charge in [-0.15, -0.1) is 0 Å². The minimum Gasteiger partial charge on any atom is -0.481 e. The number of aliphatic carboxylic acids is 2. The summed E-state index contributed by atoms with van der Waals surface area (Å²) in [7, 11) is 0. The number of rotatable bonds is 14. The van der Waals surface area contributed by atoms with Crippen molar-refractivity contribution < 1.29 is 39.0 Å². The SMILES string of the molecule is NC(=O)CCC(N)C(=O)NC(Cc1ccccc1)C(=O)NC(CC(=O)O)C(=O)NCC(=O)O. The number of carbonyl (C=O) groups is 6. The van der Waals surface area contributed by atoms with E-state index in [1.807, 2.05) is 5.32 Å². The Labute approximate surface area is 188 Å². The monoisotopic (exact) mass is 465 g/mol. The van der Waals surface area contributed by atoms with Gasteiger partial charge in [0, 0.05) is 12.8 Å². The summed E-state index contributed by atoms with van der Waals surface area (Å²) < 4.78 is 0. The maximum atomic E-state index is 12.9. The Kier molecular flexibility index (Phi) is 11.0. The second-order valence-corrected chi connectivity index (χ2v) is 7.13. The van der Waals surface area contributed by atoms with Crippen LogP contribution >= 0.6 is 0 Å². The number of amides is 4. The predicted octanol–water partition coefficient (Wildman–Crippen LogP) is -2.53. The van der Waals surface area contributed by atoms with Gasteiger partial charge in [0.25, 0.3) is 0 Å². The molecule has 3 unspecified atom stereocenters. The zero-order valence-electron chi connectivity index (χ0n) is 17.7. The summed E-state index contributed by atoms with van der Waals surface area (Å²) in [6, 6.07) is 4.55. The zero-order valence-corrected chi connectivity index (χ0v) is 17.7. The Bertz CT molecular complexity index is 876. The van der Waals surface area contributed by atoms with Crippen LogP contribution in [0.25, 0.3) is 0 Å². The van der Waals surface area contributed by atoms with Crippen LogP contribution in [0.4, 0.5) is 0 Å². The predicted molar refractivity (Wildman–Crippen MR) is 113 cm³/mol. The van der Waals surface area contributed by atoms with Crippen molar-refractivity contribution in [2.75, 3.05) is 6.54 Å². The second-order valence-electron chi connectivity index (χ2n) is 7.13. The third-order valence-corrected chi connectivity index (χ3v) is 4.38. The number of hydrogen-bond donors (Lipinski definition) is 7. The normalized spacial score (nSPS) is 13.1. The molecule has 13 heteroatoms. The molecule has 1 rings (SSSR count). The number of primary amides is 1. The lowest BCUT2D eigenvalue weighted by Crippen LogP contribution is -2.57. The van der Waals surface area contributed by atoms with E-state index in [0.29, 0.717) is 5.56 Å². The van der Waals surface area contributed by atoms with E-state index in [0.717, 1.165) is 0 Å². The van der Waals surface area contributed by atoms with Crippen LogP contribution in [0.2, 0.25) is 0 Å². The van der Waals surface area contributed by atoms with Crippen molar-refractivity contribution in [3.8, 4) is 0 Å². The van der Waals surface area contributed by atoms with Crippen molar-refractivity contribution in [1.29, 1.82) is 0 Å². The molecule has 3 atom stereocenters.